The maximum atomic E-state index is 13.4. The van der Waals surface area contributed by atoms with E-state index in [1.807, 2.05) is 0 Å². The molecule has 3 aromatic rings. The Bertz CT molecular complexity index is 1030. The average molecular weight is 342 g/mol. The highest BCUT2D eigenvalue weighted by Crippen LogP contribution is 2.29. The lowest BCUT2D eigenvalue weighted by atomic mass is 9.89. The molecule has 1 aliphatic rings. The van der Waals surface area contributed by atoms with Crippen LogP contribution in [0.2, 0.25) is 5.02 Å². The number of hydrogen-bond acceptors (Lipinski definition) is 4. The Morgan fingerprint density at radius 3 is 2.62 bits per heavy atom. The van der Waals surface area contributed by atoms with E-state index in [4.69, 9.17) is 11.6 Å². The van der Waals surface area contributed by atoms with Gasteiger partial charge in [-0.2, -0.15) is 0 Å². The van der Waals surface area contributed by atoms with E-state index in [1.165, 1.54) is 29.1 Å². The summed E-state index contributed by atoms with van der Waals surface area (Å²) in [7, 11) is 0. The summed E-state index contributed by atoms with van der Waals surface area (Å²) in [6.07, 6.45) is 1.42. The van der Waals surface area contributed by atoms with E-state index in [9.17, 15) is 14.4 Å². The zero-order valence-electron chi connectivity index (χ0n) is 12.1. The smallest absolute Gasteiger partial charge is 0.212 e. The van der Waals surface area contributed by atoms with Gasteiger partial charge in [-0.25, -0.2) is 9.37 Å². The molecule has 1 N–H and O–H groups in total. The molecule has 1 aromatic heterocycles. The quantitative estimate of drug-likeness (QED) is 0.426. The summed E-state index contributed by atoms with van der Waals surface area (Å²) in [5.74, 6) is -0.811. The molecule has 0 atom stereocenters. The van der Waals surface area contributed by atoms with Crippen LogP contribution in [0.1, 0.15) is 27.3 Å². The SMILES string of the molecule is O=C1c2ccccc2/C(=N\O)c2ncn(-c3ccc(F)c(Cl)c3)c21. The largest absolute Gasteiger partial charge is 0.410 e. The van der Waals surface area contributed by atoms with Crippen LogP contribution in [0.5, 0.6) is 0 Å². The first kappa shape index (κ1) is 14.6. The molecule has 0 amide bonds. The fraction of sp³-hybridized carbons (Fsp3) is 0. The van der Waals surface area contributed by atoms with Gasteiger partial charge in [-0.05, 0) is 18.2 Å². The number of ketones is 1. The summed E-state index contributed by atoms with van der Waals surface area (Å²) < 4.78 is 14.9. The standard InChI is InChI=1S/C17H9ClFN3O2/c18-12-7-9(5-6-13(12)19)22-8-20-15-14(21-24)10-3-1-2-4-11(10)17(23)16(15)22/h1-8,24H/b21-14+. The number of nitrogens with zero attached hydrogens (tertiary/aromatic N) is 3. The van der Waals surface area contributed by atoms with Crippen molar-refractivity contribution in [3.8, 4) is 5.69 Å². The number of rotatable bonds is 1. The van der Waals surface area contributed by atoms with Gasteiger partial charge < -0.3 is 5.21 Å². The van der Waals surface area contributed by atoms with Crippen molar-refractivity contribution in [2.24, 2.45) is 5.16 Å². The molecule has 0 radical (unpaired) electrons. The lowest BCUT2D eigenvalue weighted by Crippen LogP contribution is -2.23. The van der Waals surface area contributed by atoms with Crippen molar-refractivity contribution < 1.29 is 14.4 Å². The van der Waals surface area contributed by atoms with Gasteiger partial charge in [0.2, 0.25) is 5.78 Å². The van der Waals surface area contributed by atoms with Gasteiger partial charge in [0.25, 0.3) is 0 Å². The van der Waals surface area contributed by atoms with Crippen LogP contribution in [0, 0.1) is 5.82 Å². The first-order valence-corrected chi connectivity index (χ1v) is 7.39. The Hall–Kier alpha value is -2.99. The highest BCUT2D eigenvalue weighted by Gasteiger charge is 2.33. The first-order valence-electron chi connectivity index (χ1n) is 7.01. The summed E-state index contributed by atoms with van der Waals surface area (Å²) in [4.78, 5) is 17.1. The third kappa shape index (κ3) is 1.97. The monoisotopic (exact) mass is 341 g/mol. The summed E-state index contributed by atoms with van der Waals surface area (Å²) in [6, 6.07) is 10.9. The van der Waals surface area contributed by atoms with Crippen molar-refractivity contribution in [2.75, 3.05) is 0 Å². The highest BCUT2D eigenvalue weighted by molar-refractivity contribution is 6.31. The molecule has 0 bridgehead atoms. The van der Waals surface area contributed by atoms with E-state index in [0.717, 1.165) is 0 Å². The normalized spacial score (nSPS) is 14.6. The number of halogens is 2. The van der Waals surface area contributed by atoms with Crippen molar-refractivity contribution >= 4 is 23.1 Å². The highest BCUT2D eigenvalue weighted by atomic mass is 35.5. The van der Waals surface area contributed by atoms with Crippen LogP contribution >= 0.6 is 11.6 Å². The number of hydrogen-bond donors (Lipinski definition) is 1. The molecule has 5 nitrogen and oxygen atoms in total. The molecule has 0 saturated heterocycles. The molecule has 4 rings (SSSR count). The Labute approximate surface area is 140 Å². The van der Waals surface area contributed by atoms with Crippen molar-refractivity contribution in [1.29, 1.82) is 0 Å². The third-order valence-corrected chi connectivity index (χ3v) is 4.20. The second-order valence-corrected chi connectivity index (χ2v) is 5.64. The van der Waals surface area contributed by atoms with Gasteiger partial charge in [-0.15, -0.1) is 0 Å². The number of imidazole rings is 1. The lowest BCUT2D eigenvalue weighted by molar-refractivity contribution is 0.103. The maximum absolute atomic E-state index is 13.4. The van der Waals surface area contributed by atoms with Crippen LogP contribution in [0.3, 0.4) is 0 Å². The van der Waals surface area contributed by atoms with Crippen molar-refractivity contribution in [3.63, 3.8) is 0 Å². The molecular formula is C17H9ClFN3O2. The minimum atomic E-state index is -0.552. The summed E-state index contributed by atoms with van der Waals surface area (Å²) in [6.45, 7) is 0. The molecule has 0 fully saturated rings. The second kappa shape index (κ2) is 5.28. The average Bonchev–Trinajstić information content (AvgIpc) is 3.03. The zero-order valence-corrected chi connectivity index (χ0v) is 12.8. The predicted molar refractivity (Wildman–Crippen MR) is 85.8 cm³/mol. The number of carbonyl (C=O) groups is 1. The molecule has 0 spiro atoms. The number of benzene rings is 2. The molecule has 1 aliphatic carbocycles. The molecule has 24 heavy (non-hydrogen) atoms. The van der Waals surface area contributed by atoms with E-state index in [2.05, 4.69) is 10.1 Å². The summed E-state index contributed by atoms with van der Waals surface area (Å²) >= 11 is 5.83. The molecule has 2 aromatic carbocycles. The summed E-state index contributed by atoms with van der Waals surface area (Å²) in [5.41, 5.74) is 2.13. The topological polar surface area (TPSA) is 67.5 Å². The first-order chi connectivity index (χ1) is 11.6. The van der Waals surface area contributed by atoms with E-state index < -0.39 is 5.82 Å². The molecule has 7 heteroatoms. The Morgan fingerprint density at radius 1 is 1.17 bits per heavy atom. The van der Waals surface area contributed by atoms with Gasteiger partial charge in [0.15, 0.2) is 0 Å². The Kier molecular flexibility index (Phi) is 3.21. The van der Waals surface area contributed by atoms with Crippen molar-refractivity contribution in [3.05, 3.63) is 82.1 Å². The van der Waals surface area contributed by atoms with Crippen LogP contribution in [0.25, 0.3) is 5.69 Å². The van der Waals surface area contributed by atoms with Gasteiger partial charge in [0.1, 0.15) is 29.2 Å². The lowest BCUT2D eigenvalue weighted by Gasteiger charge is -2.17. The fourth-order valence-electron chi connectivity index (χ4n) is 2.81. The summed E-state index contributed by atoms with van der Waals surface area (Å²) in [5, 5.41) is 12.6. The van der Waals surface area contributed by atoms with Crippen molar-refractivity contribution in [1.82, 2.24) is 9.55 Å². The van der Waals surface area contributed by atoms with Crippen LogP contribution in [0.15, 0.2) is 53.9 Å². The molecule has 118 valence electrons. The maximum Gasteiger partial charge on any atom is 0.212 e. The van der Waals surface area contributed by atoms with Gasteiger partial charge in [0.05, 0.1) is 5.02 Å². The fourth-order valence-corrected chi connectivity index (χ4v) is 2.99. The van der Waals surface area contributed by atoms with E-state index in [-0.39, 0.29) is 27.9 Å². The Morgan fingerprint density at radius 2 is 1.92 bits per heavy atom. The van der Waals surface area contributed by atoms with Gasteiger partial charge in [-0.3, -0.25) is 9.36 Å². The minimum absolute atomic E-state index is 0.0605. The van der Waals surface area contributed by atoms with Crippen LogP contribution in [0.4, 0.5) is 4.39 Å². The minimum Gasteiger partial charge on any atom is -0.410 e. The van der Waals surface area contributed by atoms with E-state index in [1.54, 1.807) is 24.3 Å². The van der Waals surface area contributed by atoms with Gasteiger partial charge in [0, 0.05) is 16.8 Å². The number of aromatic nitrogens is 2. The third-order valence-electron chi connectivity index (χ3n) is 3.92. The van der Waals surface area contributed by atoms with E-state index in [0.29, 0.717) is 16.8 Å². The Balaban J connectivity index is 1.97. The van der Waals surface area contributed by atoms with Crippen LogP contribution in [-0.2, 0) is 0 Å². The second-order valence-electron chi connectivity index (χ2n) is 5.23. The van der Waals surface area contributed by atoms with Gasteiger partial charge in [-0.1, -0.05) is 41.0 Å². The zero-order chi connectivity index (χ0) is 16.8. The number of oxime groups is 1. The molecular weight excluding hydrogens is 333 g/mol. The number of carbonyl (C=O) groups excluding carboxylic acids is 1. The molecule has 0 saturated carbocycles. The van der Waals surface area contributed by atoms with Crippen LogP contribution in [-0.4, -0.2) is 26.3 Å². The van der Waals surface area contributed by atoms with Crippen LogP contribution < -0.4 is 0 Å². The molecule has 0 unspecified atom stereocenters. The van der Waals surface area contributed by atoms with Gasteiger partial charge >= 0.3 is 0 Å². The van der Waals surface area contributed by atoms with Crippen molar-refractivity contribution in [2.45, 2.75) is 0 Å². The number of fused-ring (bicyclic) bond motifs is 2. The van der Waals surface area contributed by atoms with E-state index >= 15 is 0 Å². The predicted octanol–water partition coefficient (Wildman–Crippen LogP) is 3.44. The molecule has 1 heterocycles. The molecule has 0 aliphatic heterocycles.